The minimum Gasteiger partial charge on any atom is -0.492 e. The quantitative estimate of drug-likeness (QED) is 0.772. The Bertz CT molecular complexity index is 556. The number of rotatable bonds is 5. The van der Waals surface area contributed by atoms with E-state index in [9.17, 15) is 0 Å². The maximum Gasteiger partial charge on any atom is 0.142 e. The summed E-state index contributed by atoms with van der Waals surface area (Å²) in [7, 11) is 0. The van der Waals surface area contributed by atoms with Crippen LogP contribution in [0.4, 0.5) is 5.69 Å². The molecule has 0 saturated carbocycles. The van der Waals surface area contributed by atoms with Crippen molar-refractivity contribution in [2.45, 2.75) is 19.9 Å². The van der Waals surface area contributed by atoms with Gasteiger partial charge in [-0.15, -0.1) is 11.3 Å². The molecule has 1 atom stereocenters. The number of thiophene rings is 1. The van der Waals surface area contributed by atoms with Crippen LogP contribution in [0.25, 0.3) is 0 Å². The first-order valence-electron chi connectivity index (χ1n) is 6.05. The molecule has 0 saturated heterocycles. The topological polar surface area (TPSA) is 21.3 Å². The maximum absolute atomic E-state index is 6.17. The van der Waals surface area contributed by atoms with Gasteiger partial charge in [0.25, 0.3) is 0 Å². The largest absolute Gasteiger partial charge is 0.492 e. The van der Waals surface area contributed by atoms with Crippen molar-refractivity contribution >= 4 is 40.2 Å². The third-order valence-corrected chi connectivity index (χ3v) is 4.23. The van der Waals surface area contributed by atoms with Crippen LogP contribution in [0.5, 0.6) is 5.75 Å². The molecule has 0 aliphatic carbocycles. The van der Waals surface area contributed by atoms with E-state index in [0.717, 1.165) is 21.3 Å². The van der Waals surface area contributed by atoms with Gasteiger partial charge in [-0.25, -0.2) is 0 Å². The third-order valence-electron chi connectivity index (χ3n) is 2.71. The molecule has 1 aromatic carbocycles. The fraction of sp³-hybridized carbons (Fsp3) is 0.286. The SMILES string of the molecule is CCOc1ccccc1NC(C)c1cc(Cl)sc1Cl. The molecule has 0 bridgehead atoms. The minimum absolute atomic E-state index is 0.0675. The van der Waals surface area contributed by atoms with Crippen LogP contribution in [0, 0.1) is 0 Å². The van der Waals surface area contributed by atoms with E-state index in [4.69, 9.17) is 27.9 Å². The van der Waals surface area contributed by atoms with Crippen LogP contribution in [-0.4, -0.2) is 6.61 Å². The molecule has 0 aliphatic heterocycles. The normalized spacial score (nSPS) is 12.2. The van der Waals surface area contributed by atoms with Crippen molar-refractivity contribution in [3.63, 3.8) is 0 Å². The van der Waals surface area contributed by atoms with Gasteiger partial charge in [-0.1, -0.05) is 35.3 Å². The Kier molecular flexibility index (Phi) is 4.97. The lowest BCUT2D eigenvalue weighted by atomic mass is 10.1. The van der Waals surface area contributed by atoms with Gasteiger partial charge in [-0.3, -0.25) is 0 Å². The van der Waals surface area contributed by atoms with Crippen molar-refractivity contribution in [1.29, 1.82) is 0 Å². The molecule has 0 radical (unpaired) electrons. The van der Waals surface area contributed by atoms with E-state index >= 15 is 0 Å². The van der Waals surface area contributed by atoms with Gasteiger partial charge < -0.3 is 10.1 Å². The van der Waals surface area contributed by atoms with E-state index in [1.54, 1.807) is 0 Å². The summed E-state index contributed by atoms with van der Waals surface area (Å²) >= 11 is 13.5. The molecule has 2 rings (SSSR count). The van der Waals surface area contributed by atoms with Crippen LogP contribution >= 0.6 is 34.5 Å². The minimum atomic E-state index is 0.0675. The van der Waals surface area contributed by atoms with Gasteiger partial charge in [0, 0.05) is 5.56 Å². The highest BCUT2D eigenvalue weighted by molar-refractivity contribution is 7.20. The predicted molar refractivity (Wildman–Crippen MR) is 84.0 cm³/mol. The molecule has 0 amide bonds. The molecule has 19 heavy (non-hydrogen) atoms. The summed E-state index contributed by atoms with van der Waals surface area (Å²) in [4.78, 5) is 0. The number of hydrogen-bond donors (Lipinski definition) is 1. The average molecular weight is 316 g/mol. The number of ether oxygens (including phenoxy) is 1. The van der Waals surface area contributed by atoms with Crippen LogP contribution in [0.1, 0.15) is 25.5 Å². The number of benzene rings is 1. The fourth-order valence-electron chi connectivity index (χ4n) is 1.83. The van der Waals surface area contributed by atoms with Gasteiger partial charge >= 0.3 is 0 Å². The number of para-hydroxylation sites is 2. The Morgan fingerprint density at radius 3 is 2.68 bits per heavy atom. The zero-order valence-electron chi connectivity index (χ0n) is 10.7. The van der Waals surface area contributed by atoms with Crippen molar-refractivity contribution in [2.75, 3.05) is 11.9 Å². The van der Waals surface area contributed by atoms with Gasteiger partial charge in [-0.2, -0.15) is 0 Å². The molecule has 0 fully saturated rings. The van der Waals surface area contributed by atoms with Gasteiger partial charge in [-0.05, 0) is 32.0 Å². The Labute approximate surface area is 127 Å². The van der Waals surface area contributed by atoms with Crippen molar-refractivity contribution in [3.8, 4) is 5.75 Å². The number of anilines is 1. The third kappa shape index (κ3) is 3.56. The Morgan fingerprint density at radius 1 is 1.32 bits per heavy atom. The van der Waals surface area contributed by atoms with E-state index in [0.29, 0.717) is 10.9 Å². The molecule has 1 aromatic heterocycles. The molecule has 1 unspecified atom stereocenters. The van der Waals surface area contributed by atoms with Gasteiger partial charge in [0.15, 0.2) is 0 Å². The summed E-state index contributed by atoms with van der Waals surface area (Å²) in [6, 6.07) is 9.83. The summed E-state index contributed by atoms with van der Waals surface area (Å²) in [6.07, 6.45) is 0. The first kappa shape index (κ1) is 14.5. The van der Waals surface area contributed by atoms with Crippen LogP contribution in [0.2, 0.25) is 8.67 Å². The Hall–Kier alpha value is -0.900. The summed E-state index contributed by atoms with van der Waals surface area (Å²) in [6.45, 7) is 4.65. The van der Waals surface area contributed by atoms with Crippen molar-refractivity contribution in [1.82, 2.24) is 0 Å². The van der Waals surface area contributed by atoms with Gasteiger partial charge in [0.2, 0.25) is 0 Å². The van der Waals surface area contributed by atoms with Crippen LogP contribution in [0.3, 0.4) is 0 Å². The summed E-state index contributed by atoms with van der Waals surface area (Å²) in [5.74, 6) is 0.842. The van der Waals surface area contributed by atoms with Crippen LogP contribution in [0.15, 0.2) is 30.3 Å². The molecule has 2 nitrogen and oxygen atoms in total. The Morgan fingerprint density at radius 2 is 2.05 bits per heavy atom. The summed E-state index contributed by atoms with van der Waals surface area (Å²) < 4.78 is 7.01. The standard InChI is InChI=1S/C14H15Cl2NOS/c1-3-18-12-7-5-4-6-11(12)17-9(2)10-8-13(15)19-14(10)16/h4-9,17H,3H2,1-2H3. The first-order chi connectivity index (χ1) is 9.11. The monoisotopic (exact) mass is 315 g/mol. The molecule has 102 valence electrons. The van der Waals surface area contributed by atoms with Gasteiger partial charge in [0.05, 0.1) is 27.0 Å². The highest BCUT2D eigenvalue weighted by Gasteiger charge is 2.14. The first-order valence-corrected chi connectivity index (χ1v) is 7.62. The second kappa shape index (κ2) is 6.51. The second-order valence-corrected chi connectivity index (χ2v) is 6.36. The average Bonchev–Trinajstić information content (AvgIpc) is 2.71. The van der Waals surface area contributed by atoms with Crippen molar-refractivity contribution in [3.05, 3.63) is 44.6 Å². The number of hydrogen-bond acceptors (Lipinski definition) is 3. The number of halogens is 2. The molecule has 1 heterocycles. The molecule has 1 N–H and O–H groups in total. The number of nitrogens with one attached hydrogen (secondary N) is 1. The van der Waals surface area contributed by atoms with E-state index in [2.05, 4.69) is 5.32 Å². The highest BCUT2D eigenvalue weighted by Crippen LogP contribution is 2.37. The van der Waals surface area contributed by atoms with Crippen LogP contribution < -0.4 is 10.1 Å². The predicted octanol–water partition coefficient (Wildman–Crippen LogP) is 5.63. The summed E-state index contributed by atoms with van der Waals surface area (Å²) in [5, 5.41) is 3.40. The van der Waals surface area contributed by atoms with E-state index < -0.39 is 0 Å². The Balaban J connectivity index is 2.19. The zero-order chi connectivity index (χ0) is 13.8. The molecule has 5 heteroatoms. The molecular weight excluding hydrogens is 301 g/mol. The lowest BCUT2D eigenvalue weighted by Gasteiger charge is -2.17. The second-order valence-electron chi connectivity index (χ2n) is 4.07. The fourth-order valence-corrected chi connectivity index (χ4v) is 3.47. The molecular formula is C14H15Cl2NOS. The van der Waals surface area contributed by atoms with Crippen molar-refractivity contribution in [2.24, 2.45) is 0 Å². The molecule has 0 spiro atoms. The highest BCUT2D eigenvalue weighted by atomic mass is 35.5. The lowest BCUT2D eigenvalue weighted by Crippen LogP contribution is -2.07. The van der Waals surface area contributed by atoms with Crippen molar-refractivity contribution < 1.29 is 4.74 Å². The van der Waals surface area contributed by atoms with E-state index in [1.165, 1.54) is 11.3 Å². The maximum atomic E-state index is 6.17. The zero-order valence-corrected chi connectivity index (χ0v) is 13.1. The lowest BCUT2D eigenvalue weighted by molar-refractivity contribution is 0.341. The smallest absolute Gasteiger partial charge is 0.142 e. The van der Waals surface area contributed by atoms with Crippen LogP contribution in [-0.2, 0) is 0 Å². The molecule has 0 aliphatic rings. The molecule has 2 aromatic rings. The van der Waals surface area contributed by atoms with E-state index in [-0.39, 0.29) is 6.04 Å². The van der Waals surface area contributed by atoms with Gasteiger partial charge in [0.1, 0.15) is 5.75 Å². The summed E-state index contributed by atoms with van der Waals surface area (Å²) in [5.41, 5.74) is 1.96. The van der Waals surface area contributed by atoms with E-state index in [1.807, 2.05) is 44.2 Å².